The summed E-state index contributed by atoms with van der Waals surface area (Å²) in [6.45, 7) is 3.91. The maximum absolute atomic E-state index is 12.4. The molecule has 1 aromatic carbocycles. The van der Waals surface area contributed by atoms with Crippen LogP contribution in [0.1, 0.15) is 28.2 Å². The number of amides is 2. The SMILES string of the molecule is Cc1cccc(NC(=O)CCNC(=O)c2cnn(-c3ccc(Br)cc3)c2C)n1. The molecule has 7 nitrogen and oxygen atoms in total. The monoisotopic (exact) mass is 441 g/mol. The number of rotatable bonds is 6. The summed E-state index contributed by atoms with van der Waals surface area (Å²) in [6, 6.07) is 13.1. The Morgan fingerprint density at radius 2 is 1.86 bits per heavy atom. The predicted molar refractivity (Wildman–Crippen MR) is 111 cm³/mol. The van der Waals surface area contributed by atoms with Gasteiger partial charge >= 0.3 is 0 Å². The standard InChI is InChI=1S/C20H20BrN5O2/c1-13-4-3-5-18(24-13)25-19(27)10-11-22-20(28)17-12-23-26(14(17)2)16-8-6-15(21)7-9-16/h3-9,12H,10-11H2,1-2H3,(H,22,28)(H,24,25,27). The van der Waals surface area contributed by atoms with Crippen LogP contribution in [0, 0.1) is 13.8 Å². The molecule has 0 aliphatic heterocycles. The first kappa shape index (κ1) is 19.8. The van der Waals surface area contributed by atoms with E-state index in [1.807, 2.05) is 50.2 Å². The van der Waals surface area contributed by atoms with E-state index in [2.05, 4.69) is 36.6 Å². The number of nitrogens with zero attached hydrogens (tertiary/aromatic N) is 3. The Morgan fingerprint density at radius 3 is 2.57 bits per heavy atom. The summed E-state index contributed by atoms with van der Waals surface area (Å²) in [7, 11) is 0. The molecule has 2 aromatic heterocycles. The zero-order valence-electron chi connectivity index (χ0n) is 15.6. The van der Waals surface area contributed by atoms with Gasteiger partial charge in [-0.3, -0.25) is 9.59 Å². The van der Waals surface area contributed by atoms with Gasteiger partial charge in [-0.1, -0.05) is 22.0 Å². The number of hydrogen-bond donors (Lipinski definition) is 2. The van der Waals surface area contributed by atoms with Crippen molar-refractivity contribution < 1.29 is 9.59 Å². The summed E-state index contributed by atoms with van der Waals surface area (Å²) >= 11 is 3.40. The number of hydrogen-bond acceptors (Lipinski definition) is 4. The Kier molecular flexibility index (Phi) is 6.20. The number of pyridine rings is 1. The van der Waals surface area contributed by atoms with Gasteiger partial charge in [-0.25, -0.2) is 9.67 Å². The third kappa shape index (κ3) is 4.83. The lowest BCUT2D eigenvalue weighted by Crippen LogP contribution is -2.28. The largest absolute Gasteiger partial charge is 0.351 e. The van der Waals surface area contributed by atoms with Crippen LogP contribution in [0.5, 0.6) is 0 Å². The maximum atomic E-state index is 12.4. The molecule has 0 atom stereocenters. The van der Waals surface area contributed by atoms with Crippen molar-refractivity contribution in [2.24, 2.45) is 0 Å². The summed E-state index contributed by atoms with van der Waals surface area (Å²) in [5, 5.41) is 9.77. The summed E-state index contributed by atoms with van der Waals surface area (Å²) in [4.78, 5) is 28.7. The molecule has 0 saturated heterocycles. The second-order valence-corrected chi connectivity index (χ2v) is 7.17. The van der Waals surface area contributed by atoms with Crippen LogP contribution in [0.4, 0.5) is 5.82 Å². The van der Waals surface area contributed by atoms with E-state index in [1.54, 1.807) is 10.7 Å². The van der Waals surface area contributed by atoms with Gasteiger partial charge in [-0.05, 0) is 50.2 Å². The third-order valence-electron chi connectivity index (χ3n) is 4.12. The number of aromatic nitrogens is 3. The molecule has 0 aliphatic carbocycles. The Bertz CT molecular complexity index is 998. The first-order chi connectivity index (χ1) is 13.4. The lowest BCUT2D eigenvalue weighted by molar-refractivity contribution is -0.116. The normalized spacial score (nSPS) is 10.5. The van der Waals surface area contributed by atoms with Crippen molar-refractivity contribution in [1.82, 2.24) is 20.1 Å². The molecule has 2 N–H and O–H groups in total. The Hall–Kier alpha value is -3.00. The van der Waals surface area contributed by atoms with E-state index in [9.17, 15) is 9.59 Å². The average molecular weight is 442 g/mol. The summed E-state index contributed by atoms with van der Waals surface area (Å²) < 4.78 is 2.68. The molecule has 0 spiro atoms. The molecule has 0 radical (unpaired) electrons. The van der Waals surface area contributed by atoms with Gasteiger partial charge in [-0.15, -0.1) is 0 Å². The topological polar surface area (TPSA) is 88.9 Å². The van der Waals surface area contributed by atoms with E-state index < -0.39 is 0 Å². The van der Waals surface area contributed by atoms with Crippen molar-refractivity contribution in [2.75, 3.05) is 11.9 Å². The second-order valence-electron chi connectivity index (χ2n) is 6.25. The fraction of sp³-hybridized carbons (Fsp3) is 0.200. The highest BCUT2D eigenvalue weighted by atomic mass is 79.9. The van der Waals surface area contributed by atoms with Crippen LogP contribution in [-0.4, -0.2) is 33.1 Å². The van der Waals surface area contributed by atoms with E-state index in [0.29, 0.717) is 11.4 Å². The second kappa shape index (κ2) is 8.79. The zero-order chi connectivity index (χ0) is 20.1. The number of nitrogens with one attached hydrogen (secondary N) is 2. The van der Waals surface area contributed by atoms with Gasteiger partial charge in [0.25, 0.3) is 5.91 Å². The van der Waals surface area contributed by atoms with Crippen LogP contribution in [0.25, 0.3) is 5.69 Å². The molecule has 2 amide bonds. The van der Waals surface area contributed by atoms with E-state index in [1.165, 1.54) is 6.20 Å². The Morgan fingerprint density at radius 1 is 1.11 bits per heavy atom. The van der Waals surface area contributed by atoms with Gasteiger partial charge in [0.2, 0.25) is 5.91 Å². The molecular formula is C20H20BrN5O2. The fourth-order valence-electron chi connectivity index (χ4n) is 2.68. The molecule has 0 bridgehead atoms. The van der Waals surface area contributed by atoms with E-state index in [-0.39, 0.29) is 24.8 Å². The third-order valence-corrected chi connectivity index (χ3v) is 4.65. The van der Waals surface area contributed by atoms with Gasteiger partial charge in [0.1, 0.15) is 5.82 Å². The van der Waals surface area contributed by atoms with E-state index >= 15 is 0 Å². The zero-order valence-corrected chi connectivity index (χ0v) is 17.2. The molecule has 3 rings (SSSR count). The highest BCUT2D eigenvalue weighted by molar-refractivity contribution is 9.10. The van der Waals surface area contributed by atoms with E-state index in [0.717, 1.165) is 21.5 Å². The molecule has 0 saturated carbocycles. The van der Waals surface area contributed by atoms with Crippen molar-refractivity contribution in [3.8, 4) is 5.69 Å². The molecule has 0 aliphatic rings. The van der Waals surface area contributed by atoms with Gasteiger partial charge in [-0.2, -0.15) is 5.10 Å². The number of halogens is 1. The first-order valence-electron chi connectivity index (χ1n) is 8.76. The fourth-order valence-corrected chi connectivity index (χ4v) is 2.94. The van der Waals surface area contributed by atoms with Crippen LogP contribution >= 0.6 is 15.9 Å². The quantitative estimate of drug-likeness (QED) is 0.613. The van der Waals surface area contributed by atoms with Crippen molar-refractivity contribution >= 4 is 33.6 Å². The lowest BCUT2D eigenvalue weighted by Gasteiger charge is -2.07. The van der Waals surface area contributed by atoms with E-state index in [4.69, 9.17) is 0 Å². The van der Waals surface area contributed by atoms with Crippen molar-refractivity contribution in [3.05, 3.63) is 70.1 Å². The van der Waals surface area contributed by atoms with Crippen LogP contribution in [0.2, 0.25) is 0 Å². The summed E-state index contributed by atoms with van der Waals surface area (Å²) in [5.41, 5.74) is 2.89. The first-order valence-corrected chi connectivity index (χ1v) is 9.55. The lowest BCUT2D eigenvalue weighted by atomic mass is 10.2. The van der Waals surface area contributed by atoms with Crippen molar-refractivity contribution in [3.63, 3.8) is 0 Å². The average Bonchev–Trinajstić information content (AvgIpc) is 3.04. The summed E-state index contributed by atoms with van der Waals surface area (Å²) in [6.07, 6.45) is 1.69. The number of carbonyl (C=O) groups excluding carboxylic acids is 2. The van der Waals surface area contributed by atoms with Gasteiger partial charge in [0.15, 0.2) is 0 Å². The molecule has 144 valence electrons. The Balaban J connectivity index is 1.55. The maximum Gasteiger partial charge on any atom is 0.254 e. The minimum absolute atomic E-state index is 0.154. The molecule has 28 heavy (non-hydrogen) atoms. The van der Waals surface area contributed by atoms with Crippen molar-refractivity contribution in [2.45, 2.75) is 20.3 Å². The van der Waals surface area contributed by atoms with Crippen LogP contribution in [0.3, 0.4) is 0 Å². The van der Waals surface area contributed by atoms with Gasteiger partial charge in [0, 0.05) is 23.1 Å². The highest BCUT2D eigenvalue weighted by Gasteiger charge is 2.15. The smallest absolute Gasteiger partial charge is 0.254 e. The highest BCUT2D eigenvalue weighted by Crippen LogP contribution is 2.17. The minimum Gasteiger partial charge on any atom is -0.351 e. The molecule has 0 unspecified atom stereocenters. The Labute approximate surface area is 171 Å². The van der Waals surface area contributed by atoms with Crippen LogP contribution in [0.15, 0.2) is 53.1 Å². The van der Waals surface area contributed by atoms with Gasteiger partial charge in [0.05, 0.1) is 23.1 Å². The molecule has 0 fully saturated rings. The predicted octanol–water partition coefficient (Wildman–Crippen LogP) is 3.41. The number of carbonyl (C=O) groups is 2. The molecular weight excluding hydrogens is 422 g/mol. The van der Waals surface area contributed by atoms with Gasteiger partial charge < -0.3 is 10.6 Å². The summed E-state index contributed by atoms with van der Waals surface area (Å²) in [5.74, 6) is 0.0333. The number of anilines is 1. The molecule has 2 heterocycles. The minimum atomic E-state index is -0.262. The number of benzene rings is 1. The molecule has 3 aromatic rings. The van der Waals surface area contributed by atoms with Crippen molar-refractivity contribution in [1.29, 1.82) is 0 Å². The molecule has 8 heteroatoms. The van der Waals surface area contributed by atoms with Crippen LogP contribution in [-0.2, 0) is 4.79 Å². The van der Waals surface area contributed by atoms with Crippen LogP contribution < -0.4 is 10.6 Å². The number of aryl methyl sites for hydroxylation is 1.